The summed E-state index contributed by atoms with van der Waals surface area (Å²) in [6, 6.07) is 0. The summed E-state index contributed by atoms with van der Waals surface area (Å²) in [6.45, 7) is 0.141. The average molecular weight is 148 g/mol. The normalized spacial score (nSPS) is 36.7. The molecule has 0 unspecified atom stereocenters. The first-order valence-electron chi connectivity index (χ1n) is 3.21. The van der Waals surface area contributed by atoms with E-state index in [1.165, 1.54) is 0 Å². The van der Waals surface area contributed by atoms with Gasteiger partial charge < -0.3 is 10.2 Å². The number of thioether (sulfide) groups is 1. The molecular weight excluding hydrogens is 136 g/mol. The zero-order valence-electron chi connectivity index (χ0n) is 5.29. The second-order valence-corrected chi connectivity index (χ2v) is 3.52. The summed E-state index contributed by atoms with van der Waals surface area (Å²) in [5, 5.41) is 17.9. The van der Waals surface area contributed by atoms with Crippen LogP contribution in [-0.2, 0) is 0 Å². The Bertz CT molecular complexity index is 87.1. The largest absolute Gasteiger partial charge is 0.396 e. The Hall–Kier alpha value is 0.270. The van der Waals surface area contributed by atoms with Crippen molar-refractivity contribution in [3.05, 3.63) is 0 Å². The molecule has 9 heavy (non-hydrogen) atoms. The maximum atomic E-state index is 9.19. The molecule has 0 bridgehead atoms. The second-order valence-electron chi connectivity index (χ2n) is 2.37. The van der Waals surface area contributed by atoms with E-state index in [1.54, 1.807) is 11.8 Å². The van der Waals surface area contributed by atoms with Crippen LogP contribution in [0.1, 0.15) is 6.42 Å². The van der Waals surface area contributed by atoms with Crippen LogP contribution in [0.4, 0.5) is 0 Å². The van der Waals surface area contributed by atoms with E-state index in [1.807, 2.05) is 0 Å². The molecule has 0 radical (unpaired) electrons. The monoisotopic (exact) mass is 148 g/mol. The molecule has 3 heteroatoms. The lowest BCUT2D eigenvalue weighted by Gasteiger charge is -2.24. The number of aliphatic hydroxyl groups excluding tert-OH is 2. The van der Waals surface area contributed by atoms with Gasteiger partial charge in [-0.3, -0.25) is 0 Å². The first-order valence-corrected chi connectivity index (χ1v) is 4.36. The highest BCUT2D eigenvalue weighted by molar-refractivity contribution is 7.99. The molecule has 1 aliphatic heterocycles. The summed E-state index contributed by atoms with van der Waals surface area (Å²) < 4.78 is 0. The molecule has 1 rings (SSSR count). The van der Waals surface area contributed by atoms with Gasteiger partial charge in [-0.05, 0) is 12.2 Å². The van der Waals surface area contributed by atoms with Gasteiger partial charge >= 0.3 is 0 Å². The Kier molecular flexibility index (Phi) is 2.82. The summed E-state index contributed by atoms with van der Waals surface area (Å²) in [5.74, 6) is 2.03. The van der Waals surface area contributed by atoms with Crippen molar-refractivity contribution in [2.75, 3.05) is 18.1 Å². The number of hydrogen-bond donors (Lipinski definition) is 2. The molecule has 2 nitrogen and oxygen atoms in total. The Morgan fingerprint density at radius 3 is 2.78 bits per heavy atom. The highest BCUT2D eigenvalue weighted by atomic mass is 32.2. The predicted molar refractivity (Wildman–Crippen MR) is 38.5 cm³/mol. The van der Waals surface area contributed by atoms with Gasteiger partial charge in [-0.25, -0.2) is 0 Å². The molecule has 2 N–H and O–H groups in total. The number of hydrogen-bond acceptors (Lipinski definition) is 3. The van der Waals surface area contributed by atoms with E-state index in [-0.39, 0.29) is 18.6 Å². The Morgan fingerprint density at radius 2 is 2.33 bits per heavy atom. The third-order valence-corrected chi connectivity index (χ3v) is 2.80. The fourth-order valence-corrected chi connectivity index (χ4v) is 2.13. The average Bonchev–Trinajstić information content (AvgIpc) is 1.89. The Labute approximate surface area is 59.3 Å². The molecule has 1 saturated heterocycles. The maximum absolute atomic E-state index is 9.19. The van der Waals surface area contributed by atoms with Gasteiger partial charge in [0.1, 0.15) is 0 Å². The van der Waals surface area contributed by atoms with Crippen molar-refractivity contribution < 1.29 is 10.2 Å². The molecule has 0 aliphatic carbocycles. The van der Waals surface area contributed by atoms with E-state index in [9.17, 15) is 5.11 Å². The van der Waals surface area contributed by atoms with Crippen LogP contribution in [0, 0.1) is 5.92 Å². The smallest absolute Gasteiger partial charge is 0.0680 e. The molecule has 0 saturated carbocycles. The number of aliphatic hydroxyl groups is 2. The molecule has 0 spiro atoms. The van der Waals surface area contributed by atoms with E-state index in [0.717, 1.165) is 17.9 Å². The van der Waals surface area contributed by atoms with Crippen LogP contribution in [0.15, 0.2) is 0 Å². The molecule has 1 fully saturated rings. The molecule has 0 aromatic carbocycles. The van der Waals surface area contributed by atoms with Crippen LogP contribution in [0.5, 0.6) is 0 Å². The zero-order valence-corrected chi connectivity index (χ0v) is 6.10. The summed E-state index contributed by atoms with van der Waals surface area (Å²) >= 11 is 1.76. The van der Waals surface area contributed by atoms with Crippen molar-refractivity contribution in [2.45, 2.75) is 12.5 Å². The highest BCUT2D eigenvalue weighted by Crippen LogP contribution is 2.22. The van der Waals surface area contributed by atoms with Gasteiger partial charge in [-0.15, -0.1) is 0 Å². The van der Waals surface area contributed by atoms with Crippen LogP contribution in [0.25, 0.3) is 0 Å². The van der Waals surface area contributed by atoms with Crippen molar-refractivity contribution in [3.63, 3.8) is 0 Å². The van der Waals surface area contributed by atoms with Crippen molar-refractivity contribution in [1.82, 2.24) is 0 Å². The number of rotatable bonds is 1. The van der Waals surface area contributed by atoms with Crippen LogP contribution in [0.2, 0.25) is 0 Å². The van der Waals surface area contributed by atoms with E-state index in [2.05, 4.69) is 0 Å². The van der Waals surface area contributed by atoms with Crippen molar-refractivity contribution >= 4 is 11.8 Å². The van der Waals surface area contributed by atoms with Crippen molar-refractivity contribution in [2.24, 2.45) is 5.92 Å². The summed E-state index contributed by atoms with van der Waals surface area (Å²) in [4.78, 5) is 0. The van der Waals surface area contributed by atoms with E-state index in [4.69, 9.17) is 5.11 Å². The zero-order chi connectivity index (χ0) is 6.69. The highest BCUT2D eigenvalue weighted by Gasteiger charge is 2.21. The van der Waals surface area contributed by atoms with Gasteiger partial charge in [0.2, 0.25) is 0 Å². The predicted octanol–water partition coefficient (Wildman–Crippen LogP) is 0.0927. The lowest BCUT2D eigenvalue weighted by molar-refractivity contribution is 0.0792. The fraction of sp³-hybridized carbons (Fsp3) is 1.00. The summed E-state index contributed by atoms with van der Waals surface area (Å²) in [7, 11) is 0. The minimum absolute atomic E-state index is 0.141. The molecule has 0 amide bonds. The summed E-state index contributed by atoms with van der Waals surface area (Å²) in [5.41, 5.74) is 0. The van der Waals surface area contributed by atoms with Crippen molar-refractivity contribution in [1.29, 1.82) is 0 Å². The molecule has 1 heterocycles. The van der Waals surface area contributed by atoms with Gasteiger partial charge in [0, 0.05) is 18.3 Å². The van der Waals surface area contributed by atoms with Gasteiger partial charge in [-0.1, -0.05) is 0 Å². The first kappa shape index (κ1) is 7.38. The topological polar surface area (TPSA) is 40.5 Å². The SMILES string of the molecule is OC[C@H]1CCSC[C@@H]1O. The van der Waals surface area contributed by atoms with E-state index < -0.39 is 0 Å². The minimum Gasteiger partial charge on any atom is -0.396 e. The Morgan fingerprint density at radius 1 is 1.56 bits per heavy atom. The van der Waals surface area contributed by atoms with Crippen LogP contribution in [0.3, 0.4) is 0 Å². The third kappa shape index (κ3) is 1.85. The minimum atomic E-state index is -0.270. The molecule has 1 aliphatic rings. The summed E-state index contributed by atoms with van der Waals surface area (Å²) in [6.07, 6.45) is 0.691. The quantitative estimate of drug-likeness (QED) is 0.554. The van der Waals surface area contributed by atoms with E-state index in [0.29, 0.717) is 0 Å². The van der Waals surface area contributed by atoms with E-state index >= 15 is 0 Å². The molecule has 54 valence electrons. The molecule has 2 atom stereocenters. The fourth-order valence-electron chi connectivity index (χ4n) is 0.980. The maximum Gasteiger partial charge on any atom is 0.0680 e. The van der Waals surface area contributed by atoms with Crippen molar-refractivity contribution in [3.8, 4) is 0 Å². The lowest BCUT2D eigenvalue weighted by atomic mass is 10.0. The Balaban J connectivity index is 2.30. The lowest BCUT2D eigenvalue weighted by Crippen LogP contribution is -2.30. The van der Waals surface area contributed by atoms with Crippen LogP contribution in [-0.4, -0.2) is 34.4 Å². The molecular formula is C6H12O2S. The van der Waals surface area contributed by atoms with Gasteiger partial charge in [-0.2, -0.15) is 11.8 Å². The first-order chi connectivity index (χ1) is 4.34. The molecule has 0 aromatic heterocycles. The second kappa shape index (κ2) is 3.44. The van der Waals surface area contributed by atoms with Crippen LogP contribution < -0.4 is 0 Å². The van der Waals surface area contributed by atoms with Gasteiger partial charge in [0.05, 0.1) is 6.10 Å². The third-order valence-electron chi connectivity index (χ3n) is 1.70. The van der Waals surface area contributed by atoms with Crippen LogP contribution >= 0.6 is 11.8 Å². The van der Waals surface area contributed by atoms with Gasteiger partial charge in [0.15, 0.2) is 0 Å². The van der Waals surface area contributed by atoms with Gasteiger partial charge in [0.25, 0.3) is 0 Å². The standard InChI is InChI=1S/C6H12O2S/c7-3-5-1-2-9-4-6(5)8/h5-8H,1-4H2/t5-,6+/m1/s1. The molecule has 0 aromatic rings.